The van der Waals surface area contributed by atoms with E-state index in [-0.39, 0.29) is 11.2 Å². The summed E-state index contributed by atoms with van der Waals surface area (Å²) in [5.41, 5.74) is 2.40. The third-order valence-electron chi connectivity index (χ3n) is 3.87. The Bertz CT molecular complexity index is 482. The first kappa shape index (κ1) is 15.9. The number of allylic oxidation sites excluding steroid dienone is 1. The largest absolute Gasteiger partial charge is 0.382 e. The molecule has 1 aliphatic rings. The van der Waals surface area contributed by atoms with E-state index in [1.165, 1.54) is 11.8 Å². The van der Waals surface area contributed by atoms with Crippen molar-refractivity contribution >= 4 is 5.69 Å². The van der Waals surface area contributed by atoms with Crippen LogP contribution in [0.15, 0.2) is 36.5 Å². The van der Waals surface area contributed by atoms with Gasteiger partial charge in [-0.1, -0.05) is 33.4 Å². The third-order valence-corrected chi connectivity index (χ3v) is 3.87. The Morgan fingerprint density at radius 1 is 1.33 bits per heavy atom. The minimum Gasteiger partial charge on any atom is -0.382 e. The Morgan fingerprint density at radius 3 is 2.57 bits per heavy atom. The molecule has 0 radical (unpaired) electrons. The number of likely N-dealkylation sites (tertiary alicyclic amines) is 1. The van der Waals surface area contributed by atoms with E-state index in [0.717, 1.165) is 38.0 Å². The van der Waals surface area contributed by atoms with Gasteiger partial charge in [-0.15, -0.1) is 0 Å². The molecule has 0 aromatic heterocycles. The van der Waals surface area contributed by atoms with Gasteiger partial charge in [0.1, 0.15) is 5.82 Å². The molecular formula is C18H27FN2. The van der Waals surface area contributed by atoms with Crippen molar-refractivity contribution in [3.8, 4) is 0 Å². The topological polar surface area (TPSA) is 15.3 Å². The van der Waals surface area contributed by atoms with Crippen LogP contribution >= 0.6 is 0 Å². The van der Waals surface area contributed by atoms with Crippen LogP contribution in [0.3, 0.4) is 0 Å². The van der Waals surface area contributed by atoms with E-state index >= 15 is 0 Å². The molecule has 0 atom stereocenters. The van der Waals surface area contributed by atoms with Gasteiger partial charge in [0.25, 0.3) is 0 Å². The van der Waals surface area contributed by atoms with E-state index in [1.54, 1.807) is 12.1 Å². The molecule has 1 aromatic carbocycles. The summed E-state index contributed by atoms with van der Waals surface area (Å²) in [4.78, 5) is 2.40. The average Bonchev–Trinajstić information content (AvgIpc) is 2.37. The van der Waals surface area contributed by atoms with Crippen LogP contribution in [0.1, 0.15) is 40.0 Å². The Kier molecular flexibility index (Phi) is 4.92. The maximum atomic E-state index is 13.2. The Morgan fingerprint density at radius 2 is 2.00 bits per heavy atom. The SMILES string of the molecule is C=C(CC(C)(C)C)N1CCC(Nc2cccc(F)c2)CC1. The summed E-state index contributed by atoms with van der Waals surface area (Å²) in [6.45, 7) is 13.0. The summed E-state index contributed by atoms with van der Waals surface area (Å²) < 4.78 is 13.2. The lowest BCUT2D eigenvalue weighted by Gasteiger charge is -2.37. The predicted molar refractivity (Wildman–Crippen MR) is 87.8 cm³/mol. The summed E-state index contributed by atoms with van der Waals surface area (Å²) in [5.74, 6) is -0.184. The monoisotopic (exact) mass is 290 g/mol. The molecule has 0 aliphatic carbocycles. The van der Waals surface area contributed by atoms with Gasteiger partial charge in [-0.2, -0.15) is 0 Å². The number of rotatable bonds is 4. The van der Waals surface area contributed by atoms with Gasteiger partial charge in [-0.25, -0.2) is 4.39 Å². The molecule has 0 spiro atoms. The van der Waals surface area contributed by atoms with Gasteiger partial charge in [-0.05, 0) is 42.9 Å². The van der Waals surface area contributed by atoms with E-state index in [4.69, 9.17) is 0 Å². The summed E-state index contributed by atoms with van der Waals surface area (Å²) in [6.07, 6.45) is 3.17. The average molecular weight is 290 g/mol. The minimum absolute atomic E-state index is 0.184. The number of anilines is 1. The smallest absolute Gasteiger partial charge is 0.125 e. The van der Waals surface area contributed by atoms with E-state index in [1.807, 2.05) is 6.07 Å². The molecule has 116 valence electrons. The van der Waals surface area contributed by atoms with Gasteiger partial charge in [-0.3, -0.25) is 0 Å². The second kappa shape index (κ2) is 6.50. The van der Waals surface area contributed by atoms with Crippen molar-refractivity contribution in [3.05, 3.63) is 42.4 Å². The van der Waals surface area contributed by atoms with Crippen LogP contribution in [-0.2, 0) is 0 Å². The van der Waals surface area contributed by atoms with E-state index in [9.17, 15) is 4.39 Å². The van der Waals surface area contributed by atoms with Crippen LogP contribution in [0.4, 0.5) is 10.1 Å². The second-order valence-electron chi connectivity index (χ2n) is 7.22. The lowest BCUT2D eigenvalue weighted by molar-refractivity contribution is 0.242. The molecule has 0 amide bonds. The Balaban J connectivity index is 1.82. The number of piperidine rings is 1. The zero-order valence-electron chi connectivity index (χ0n) is 13.5. The molecule has 2 nitrogen and oxygen atoms in total. The van der Waals surface area contributed by atoms with Gasteiger partial charge in [0, 0.05) is 30.5 Å². The highest BCUT2D eigenvalue weighted by molar-refractivity contribution is 5.44. The minimum atomic E-state index is -0.184. The summed E-state index contributed by atoms with van der Waals surface area (Å²) >= 11 is 0. The number of hydrogen-bond donors (Lipinski definition) is 1. The van der Waals surface area contributed by atoms with E-state index in [0.29, 0.717) is 6.04 Å². The normalized spacial score (nSPS) is 16.9. The molecule has 2 rings (SSSR count). The molecule has 1 fully saturated rings. The standard InChI is InChI=1S/C18H27FN2/c1-14(13-18(2,3)4)21-10-8-16(9-11-21)20-17-7-5-6-15(19)12-17/h5-7,12,16,20H,1,8-11,13H2,2-4H3. The lowest BCUT2D eigenvalue weighted by Crippen LogP contribution is -2.39. The predicted octanol–water partition coefficient (Wildman–Crippen LogP) is 4.65. The number of halogens is 1. The quantitative estimate of drug-likeness (QED) is 0.868. The molecule has 0 saturated carbocycles. The van der Waals surface area contributed by atoms with Crippen molar-refractivity contribution in [1.82, 2.24) is 4.90 Å². The lowest BCUT2D eigenvalue weighted by atomic mass is 9.90. The Labute approximate surface area is 128 Å². The first-order valence-corrected chi connectivity index (χ1v) is 7.78. The molecule has 1 saturated heterocycles. The molecule has 1 aliphatic heterocycles. The second-order valence-corrected chi connectivity index (χ2v) is 7.22. The van der Waals surface area contributed by atoms with Crippen molar-refractivity contribution < 1.29 is 4.39 Å². The fourth-order valence-corrected chi connectivity index (χ4v) is 2.88. The van der Waals surface area contributed by atoms with Crippen molar-refractivity contribution in [3.63, 3.8) is 0 Å². The Hall–Kier alpha value is -1.51. The third kappa shape index (κ3) is 5.07. The van der Waals surface area contributed by atoms with Gasteiger partial charge in [0.15, 0.2) is 0 Å². The molecule has 0 unspecified atom stereocenters. The molecule has 1 heterocycles. The fourth-order valence-electron chi connectivity index (χ4n) is 2.88. The molecular weight excluding hydrogens is 263 g/mol. The van der Waals surface area contributed by atoms with Crippen LogP contribution in [0.2, 0.25) is 0 Å². The van der Waals surface area contributed by atoms with Gasteiger partial charge in [0.2, 0.25) is 0 Å². The summed E-state index contributed by atoms with van der Waals surface area (Å²) in [5, 5.41) is 3.43. The van der Waals surface area contributed by atoms with Crippen LogP contribution in [-0.4, -0.2) is 24.0 Å². The molecule has 0 bridgehead atoms. The van der Waals surface area contributed by atoms with Crippen molar-refractivity contribution in [2.75, 3.05) is 18.4 Å². The number of hydrogen-bond acceptors (Lipinski definition) is 2. The fraction of sp³-hybridized carbons (Fsp3) is 0.556. The first-order chi connectivity index (χ1) is 9.83. The highest BCUT2D eigenvalue weighted by Crippen LogP contribution is 2.27. The number of nitrogens with zero attached hydrogens (tertiary/aromatic N) is 1. The molecule has 1 N–H and O–H groups in total. The van der Waals surface area contributed by atoms with Gasteiger partial charge >= 0.3 is 0 Å². The number of benzene rings is 1. The van der Waals surface area contributed by atoms with Crippen LogP contribution < -0.4 is 5.32 Å². The summed E-state index contributed by atoms with van der Waals surface area (Å²) in [7, 11) is 0. The zero-order chi connectivity index (χ0) is 15.5. The maximum Gasteiger partial charge on any atom is 0.125 e. The van der Waals surface area contributed by atoms with Crippen molar-refractivity contribution in [2.24, 2.45) is 5.41 Å². The zero-order valence-corrected chi connectivity index (χ0v) is 13.5. The van der Waals surface area contributed by atoms with Crippen molar-refractivity contribution in [1.29, 1.82) is 0 Å². The van der Waals surface area contributed by atoms with Gasteiger partial charge < -0.3 is 10.2 Å². The van der Waals surface area contributed by atoms with Crippen LogP contribution in [0.25, 0.3) is 0 Å². The summed E-state index contributed by atoms with van der Waals surface area (Å²) in [6, 6.07) is 7.13. The van der Waals surface area contributed by atoms with Crippen LogP contribution in [0, 0.1) is 11.2 Å². The highest BCUT2D eigenvalue weighted by atomic mass is 19.1. The first-order valence-electron chi connectivity index (χ1n) is 7.78. The molecule has 3 heteroatoms. The van der Waals surface area contributed by atoms with Gasteiger partial charge in [0.05, 0.1) is 0 Å². The van der Waals surface area contributed by atoms with E-state index < -0.39 is 0 Å². The van der Waals surface area contributed by atoms with Crippen LogP contribution in [0.5, 0.6) is 0 Å². The molecule has 1 aromatic rings. The van der Waals surface area contributed by atoms with Crippen molar-refractivity contribution in [2.45, 2.75) is 46.1 Å². The maximum absolute atomic E-state index is 13.2. The molecule has 21 heavy (non-hydrogen) atoms. The highest BCUT2D eigenvalue weighted by Gasteiger charge is 2.22. The van der Waals surface area contributed by atoms with E-state index in [2.05, 4.69) is 37.6 Å². The number of nitrogens with one attached hydrogen (secondary N) is 1.